The molecule has 0 aromatic carbocycles. The molecule has 2 aromatic rings. The van der Waals surface area contributed by atoms with Gasteiger partial charge in [-0.3, -0.25) is 13.9 Å². The van der Waals surface area contributed by atoms with Gasteiger partial charge in [0.1, 0.15) is 0 Å². The van der Waals surface area contributed by atoms with Gasteiger partial charge in [-0.05, 0) is 12.3 Å². The van der Waals surface area contributed by atoms with E-state index in [1.165, 1.54) is 7.05 Å². The first-order valence-electron chi connectivity index (χ1n) is 7.39. The molecule has 8 heteroatoms. The Balaban J connectivity index is 2.66. The molecule has 0 fully saturated rings. The normalized spacial score (nSPS) is 11.5. The van der Waals surface area contributed by atoms with E-state index in [9.17, 15) is 9.59 Å². The van der Waals surface area contributed by atoms with E-state index in [-0.39, 0.29) is 23.8 Å². The van der Waals surface area contributed by atoms with Gasteiger partial charge >= 0.3 is 5.69 Å². The third-order valence-electron chi connectivity index (χ3n) is 3.52. The maximum absolute atomic E-state index is 12.4. The largest absolute Gasteiger partial charge is 0.396 e. The fourth-order valence-corrected chi connectivity index (χ4v) is 2.40. The lowest BCUT2D eigenvalue weighted by atomic mass is 10.2. The van der Waals surface area contributed by atoms with Crippen LogP contribution in [0.1, 0.15) is 20.3 Å². The summed E-state index contributed by atoms with van der Waals surface area (Å²) in [6, 6.07) is 0. The second-order valence-electron chi connectivity index (χ2n) is 5.82. The van der Waals surface area contributed by atoms with Gasteiger partial charge in [-0.1, -0.05) is 13.8 Å². The van der Waals surface area contributed by atoms with Crippen molar-refractivity contribution in [1.29, 1.82) is 0 Å². The maximum Gasteiger partial charge on any atom is 0.332 e. The zero-order valence-electron chi connectivity index (χ0n) is 13.5. The van der Waals surface area contributed by atoms with E-state index in [1.807, 2.05) is 13.8 Å². The summed E-state index contributed by atoms with van der Waals surface area (Å²) in [5, 5.41) is 11.9. The van der Waals surface area contributed by atoms with E-state index in [1.54, 1.807) is 16.2 Å². The average Bonchev–Trinajstić information content (AvgIpc) is 2.79. The van der Waals surface area contributed by atoms with Gasteiger partial charge in [-0.15, -0.1) is 0 Å². The predicted molar refractivity (Wildman–Crippen MR) is 85.2 cm³/mol. The zero-order chi connectivity index (χ0) is 16.4. The molecule has 0 radical (unpaired) electrons. The summed E-state index contributed by atoms with van der Waals surface area (Å²) in [7, 11) is 3.22. The molecule has 0 unspecified atom stereocenters. The summed E-state index contributed by atoms with van der Waals surface area (Å²) in [6.45, 7) is 5.13. The van der Waals surface area contributed by atoms with Gasteiger partial charge in [0.25, 0.3) is 5.56 Å². The van der Waals surface area contributed by atoms with E-state index in [0.29, 0.717) is 36.6 Å². The lowest BCUT2D eigenvalue weighted by molar-refractivity contribution is 0.292. The van der Waals surface area contributed by atoms with E-state index >= 15 is 0 Å². The van der Waals surface area contributed by atoms with Crippen molar-refractivity contribution in [2.45, 2.75) is 26.8 Å². The van der Waals surface area contributed by atoms with E-state index < -0.39 is 0 Å². The van der Waals surface area contributed by atoms with Crippen LogP contribution in [-0.4, -0.2) is 36.9 Å². The standard InChI is InChI=1S/C14H23N5O3/c1-9(2)8-19-11-10(12(21)18(4)14(19)22)17(3)13(16-11)15-6-5-7-20/h9,20H,5-8H2,1-4H3,(H,15,16). The van der Waals surface area contributed by atoms with Crippen LogP contribution in [0.4, 0.5) is 5.95 Å². The van der Waals surface area contributed by atoms with Gasteiger partial charge in [0, 0.05) is 33.8 Å². The number of fused-ring (bicyclic) bond motifs is 1. The molecule has 0 bridgehead atoms. The number of anilines is 1. The van der Waals surface area contributed by atoms with Crippen molar-refractivity contribution in [3.63, 3.8) is 0 Å². The minimum Gasteiger partial charge on any atom is -0.396 e. The Labute approximate surface area is 128 Å². The molecule has 0 aliphatic rings. The third-order valence-corrected chi connectivity index (χ3v) is 3.52. The Morgan fingerprint density at radius 3 is 2.50 bits per heavy atom. The minimum atomic E-state index is -0.356. The number of aliphatic hydroxyl groups excluding tert-OH is 1. The van der Waals surface area contributed by atoms with Crippen LogP contribution in [0.5, 0.6) is 0 Å². The van der Waals surface area contributed by atoms with Crippen LogP contribution in [0, 0.1) is 5.92 Å². The first-order chi connectivity index (χ1) is 10.4. The van der Waals surface area contributed by atoms with E-state index in [4.69, 9.17) is 5.11 Å². The number of aryl methyl sites for hydroxylation is 1. The summed E-state index contributed by atoms with van der Waals surface area (Å²) >= 11 is 0. The number of hydrogen-bond donors (Lipinski definition) is 2. The van der Waals surface area contributed by atoms with Crippen LogP contribution in [0.2, 0.25) is 0 Å². The number of nitrogens with zero attached hydrogens (tertiary/aromatic N) is 4. The molecular formula is C14H23N5O3. The van der Waals surface area contributed by atoms with Crippen LogP contribution in [0.3, 0.4) is 0 Å². The molecule has 122 valence electrons. The Kier molecular flexibility index (Phi) is 4.70. The fourth-order valence-electron chi connectivity index (χ4n) is 2.40. The highest BCUT2D eigenvalue weighted by Crippen LogP contribution is 2.14. The number of aliphatic hydroxyl groups is 1. The number of nitrogens with one attached hydrogen (secondary N) is 1. The molecule has 22 heavy (non-hydrogen) atoms. The lowest BCUT2D eigenvalue weighted by Gasteiger charge is -2.10. The van der Waals surface area contributed by atoms with Crippen molar-refractivity contribution in [2.24, 2.45) is 20.0 Å². The van der Waals surface area contributed by atoms with Crippen molar-refractivity contribution in [1.82, 2.24) is 18.7 Å². The predicted octanol–water partition coefficient (Wildman–Crippen LogP) is -0.116. The van der Waals surface area contributed by atoms with Crippen LogP contribution in [0.15, 0.2) is 9.59 Å². The van der Waals surface area contributed by atoms with Gasteiger partial charge in [-0.25, -0.2) is 4.79 Å². The molecule has 0 amide bonds. The van der Waals surface area contributed by atoms with Gasteiger partial charge in [0.05, 0.1) is 0 Å². The quantitative estimate of drug-likeness (QED) is 0.726. The van der Waals surface area contributed by atoms with Crippen molar-refractivity contribution in [3.8, 4) is 0 Å². The summed E-state index contributed by atoms with van der Waals surface area (Å²) in [6.07, 6.45) is 0.583. The van der Waals surface area contributed by atoms with E-state index in [2.05, 4.69) is 10.3 Å². The highest BCUT2D eigenvalue weighted by molar-refractivity contribution is 5.74. The molecule has 0 spiro atoms. The fraction of sp³-hybridized carbons (Fsp3) is 0.643. The first-order valence-corrected chi connectivity index (χ1v) is 7.39. The monoisotopic (exact) mass is 309 g/mol. The number of imidazole rings is 1. The molecule has 0 aliphatic carbocycles. The third kappa shape index (κ3) is 2.78. The zero-order valence-corrected chi connectivity index (χ0v) is 13.5. The summed E-state index contributed by atoms with van der Waals surface area (Å²) in [5.74, 6) is 0.773. The topological polar surface area (TPSA) is 94.1 Å². The summed E-state index contributed by atoms with van der Waals surface area (Å²) < 4.78 is 4.31. The lowest BCUT2D eigenvalue weighted by Crippen LogP contribution is -2.39. The Morgan fingerprint density at radius 1 is 1.23 bits per heavy atom. The van der Waals surface area contributed by atoms with Gasteiger partial charge < -0.3 is 15.0 Å². The highest BCUT2D eigenvalue weighted by atomic mass is 16.3. The second-order valence-corrected chi connectivity index (χ2v) is 5.82. The van der Waals surface area contributed by atoms with Crippen LogP contribution < -0.4 is 16.6 Å². The molecule has 8 nitrogen and oxygen atoms in total. The molecule has 0 saturated heterocycles. The molecule has 2 rings (SSSR count). The Bertz CT molecular complexity index is 784. The average molecular weight is 309 g/mol. The smallest absolute Gasteiger partial charge is 0.332 e. The SMILES string of the molecule is CC(C)Cn1c(=O)n(C)c(=O)c2c1nc(NCCCO)n2C. The van der Waals surface area contributed by atoms with Crippen molar-refractivity contribution in [3.05, 3.63) is 20.8 Å². The summed E-state index contributed by atoms with van der Waals surface area (Å²) in [5.41, 5.74) is 0.0847. The molecule has 2 N–H and O–H groups in total. The minimum absolute atomic E-state index is 0.0801. The molecule has 2 heterocycles. The van der Waals surface area contributed by atoms with Gasteiger partial charge in [0.2, 0.25) is 5.95 Å². The molecule has 2 aromatic heterocycles. The van der Waals surface area contributed by atoms with Crippen molar-refractivity contribution in [2.75, 3.05) is 18.5 Å². The van der Waals surface area contributed by atoms with Crippen molar-refractivity contribution < 1.29 is 5.11 Å². The maximum atomic E-state index is 12.4. The second kappa shape index (κ2) is 6.35. The number of hydrogen-bond acceptors (Lipinski definition) is 5. The first kappa shape index (κ1) is 16.3. The molecule has 0 saturated carbocycles. The molecule has 0 aliphatic heterocycles. The Morgan fingerprint density at radius 2 is 1.91 bits per heavy atom. The van der Waals surface area contributed by atoms with E-state index in [0.717, 1.165) is 4.57 Å². The van der Waals surface area contributed by atoms with Crippen molar-refractivity contribution >= 4 is 17.1 Å². The van der Waals surface area contributed by atoms with Crippen LogP contribution >= 0.6 is 0 Å². The van der Waals surface area contributed by atoms with Gasteiger partial charge in [-0.2, -0.15) is 4.98 Å². The summed E-state index contributed by atoms with van der Waals surface area (Å²) in [4.78, 5) is 29.1. The Hall–Kier alpha value is -2.09. The van der Waals surface area contributed by atoms with Crippen LogP contribution in [0.25, 0.3) is 11.2 Å². The number of aromatic nitrogens is 4. The van der Waals surface area contributed by atoms with Crippen LogP contribution in [-0.2, 0) is 20.6 Å². The van der Waals surface area contributed by atoms with Gasteiger partial charge in [0.15, 0.2) is 11.2 Å². The molecular weight excluding hydrogens is 286 g/mol. The highest BCUT2D eigenvalue weighted by Gasteiger charge is 2.18. The number of rotatable bonds is 6. The molecule has 0 atom stereocenters.